The molecule has 0 radical (unpaired) electrons. The van der Waals surface area contributed by atoms with E-state index in [-0.39, 0.29) is 30.1 Å². The first-order chi connectivity index (χ1) is 14.2. The van der Waals surface area contributed by atoms with Gasteiger partial charge in [-0.3, -0.25) is 9.71 Å². The van der Waals surface area contributed by atoms with E-state index in [9.17, 15) is 8.42 Å². The second-order valence-electron chi connectivity index (χ2n) is 7.26. The minimum atomic E-state index is -3.35. The smallest absolute Gasteiger partial charge is 0.229 e. The number of hydrogen-bond acceptors (Lipinski definition) is 4. The molecule has 1 unspecified atom stereocenters. The van der Waals surface area contributed by atoms with Crippen molar-refractivity contribution in [3.05, 3.63) is 59.2 Å². The molecule has 2 aromatic rings. The molecular formula is C22H33IN4O3S. The number of sulfonamides is 1. The molecule has 0 spiro atoms. The van der Waals surface area contributed by atoms with Gasteiger partial charge in [0.15, 0.2) is 5.96 Å². The Hall–Kier alpha value is -2.01. The Morgan fingerprint density at radius 1 is 1.10 bits per heavy atom. The highest BCUT2D eigenvalue weighted by atomic mass is 127. The summed E-state index contributed by atoms with van der Waals surface area (Å²) in [5.74, 6) is 1.48. The van der Waals surface area contributed by atoms with Gasteiger partial charge in [-0.05, 0) is 43.5 Å². The Morgan fingerprint density at radius 3 is 2.35 bits per heavy atom. The lowest BCUT2D eigenvalue weighted by atomic mass is 10.1. The number of hydrogen-bond donors (Lipinski definition) is 3. The lowest BCUT2D eigenvalue weighted by Crippen LogP contribution is -2.36. The molecular weight excluding hydrogens is 527 g/mol. The number of rotatable bonds is 9. The molecule has 9 heteroatoms. The van der Waals surface area contributed by atoms with Crippen molar-refractivity contribution < 1.29 is 13.2 Å². The fourth-order valence-electron chi connectivity index (χ4n) is 2.77. The topological polar surface area (TPSA) is 91.8 Å². The fraction of sp³-hybridized carbons (Fsp3) is 0.409. The predicted molar refractivity (Wildman–Crippen MR) is 139 cm³/mol. The molecule has 3 N–H and O–H groups in total. The first-order valence-corrected chi connectivity index (χ1v) is 11.9. The minimum Gasteiger partial charge on any atom is -0.490 e. The zero-order chi connectivity index (χ0) is 22.1. The molecule has 0 saturated carbocycles. The van der Waals surface area contributed by atoms with Crippen LogP contribution in [0, 0.1) is 6.92 Å². The third-order valence-corrected chi connectivity index (χ3v) is 5.15. The molecule has 0 bridgehead atoms. The van der Waals surface area contributed by atoms with Crippen molar-refractivity contribution in [1.29, 1.82) is 0 Å². The number of anilines is 1. The van der Waals surface area contributed by atoms with Crippen LogP contribution in [0.5, 0.6) is 5.75 Å². The van der Waals surface area contributed by atoms with Crippen LogP contribution in [0.2, 0.25) is 0 Å². The van der Waals surface area contributed by atoms with Crippen LogP contribution in [0.25, 0.3) is 0 Å². The molecule has 0 aliphatic carbocycles. The Labute approximate surface area is 203 Å². The Kier molecular flexibility index (Phi) is 11.1. The number of benzene rings is 2. The number of ether oxygens (including phenoxy) is 1. The number of para-hydroxylation sites is 1. The van der Waals surface area contributed by atoms with Crippen LogP contribution in [0.15, 0.2) is 47.5 Å². The summed E-state index contributed by atoms with van der Waals surface area (Å²) in [6.07, 6.45) is 2.21. The lowest BCUT2D eigenvalue weighted by Gasteiger charge is -2.18. The number of halogens is 1. The molecule has 0 saturated heterocycles. The van der Waals surface area contributed by atoms with Gasteiger partial charge in [0, 0.05) is 25.7 Å². The Bertz CT molecular complexity index is 980. The van der Waals surface area contributed by atoms with Gasteiger partial charge in [-0.1, -0.05) is 37.3 Å². The summed E-state index contributed by atoms with van der Waals surface area (Å²) in [7, 11) is -1.65. The van der Waals surface area contributed by atoms with Crippen molar-refractivity contribution in [3.8, 4) is 5.75 Å². The van der Waals surface area contributed by atoms with E-state index < -0.39 is 10.0 Å². The SMILES string of the molecule is CCC(C)Oc1cc(C)ccc1CNC(=NC)NCc1ccccc1NS(C)(=O)=O.I. The summed E-state index contributed by atoms with van der Waals surface area (Å²) >= 11 is 0. The fourth-order valence-corrected chi connectivity index (χ4v) is 3.37. The van der Waals surface area contributed by atoms with E-state index in [0.29, 0.717) is 24.7 Å². The van der Waals surface area contributed by atoms with Gasteiger partial charge < -0.3 is 15.4 Å². The number of guanidine groups is 1. The third kappa shape index (κ3) is 9.34. The average Bonchev–Trinajstić information content (AvgIpc) is 2.69. The van der Waals surface area contributed by atoms with E-state index in [1.165, 1.54) is 0 Å². The van der Waals surface area contributed by atoms with Crippen LogP contribution in [0.1, 0.15) is 37.0 Å². The van der Waals surface area contributed by atoms with E-state index in [0.717, 1.165) is 35.1 Å². The standard InChI is InChI=1S/C22H32N4O3S.HI/c1-6-17(3)29-21-13-16(2)11-12-19(21)15-25-22(23-4)24-14-18-9-7-8-10-20(18)26-30(5,27)28;/h7-13,17,26H,6,14-15H2,1-5H3,(H2,23,24,25);1H. The van der Waals surface area contributed by atoms with Crippen molar-refractivity contribution in [3.63, 3.8) is 0 Å². The lowest BCUT2D eigenvalue weighted by molar-refractivity contribution is 0.215. The van der Waals surface area contributed by atoms with Gasteiger partial charge in [-0.2, -0.15) is 0 Å². The summed E-state index contributed by atoms with van der Waals surface area (Å²) in [6, 6.07) is 13.4. The van der Waals surface area contributed by atoms with Crippen molar-refractivity contribution in [2.75, 3.05) is 18.0 Å². The van der Waals surface area contributed by atoms with E-state index in [1.807, 2.05) is 25.1 Å². The summed E-state index contributed by atoms with van der Waals surface area (Å²) in [5, 5.41) is 6.52. The van der Waals surface area contributed by atoms with Crippen LogP contribution in [-0.2, 0) is 23.1 Å². The predicted octanol–water partition coefficient (Wildman–Crippen LogP) is 4.03. The summed E-state index contributed by atoms with van der Waals surface area (Å²) < 4.78 is 31.8. The number of aliphatic imine (C=N–C) groups is 1. The maximum absolute atomic E-state index is 11.6. The largest absolute Gasteiger partial charge is 0.490 e. The van der Waals surface area contributed by atoms with Gasteiger partial charge in [0.1, 0.15) is 5.75 Å². The maximum Gasteiger partial charge on any atom is 0.229 e. The average molecular weight is 561 g/mol. The normalized spacial score (nSPS) is 12.5. The van der Waals surface area contributed by atoms with E-state index >= 15 is 0 Å². The van der Waals surface area contributed by atoms with Crippen LogP contribution in [-0.4, -0.2) is 33.8 Å². The molecule has 0 aromatic heterocycles. The van der Waals surface area contributed by atoms with Crippen LogP contribution in [0.3, 0.4) is 0 Å². The van der Waals surface area contributed by atoms with Crippen molar-refractivity contribution in [2.45, 2.75) is 46.4 Å². The number of nitrogens with one attached hydrogen (secondary N) is 3. The van der Waals surface area contributed by atoms with Gasteiger partial charge in [-0.15, -0.1) is 24.0 Å². The van der Waals surface area contributed by atoms with Crippen LogP contribution in [0.4, 0.5) is 5.69 Å². The molecule has 2 rings (SSSR count). The zero-order valence-corrected chi connectivity index (χ0v) is 21.9. The summed E-state index contributed by atoms with van der Waals surface area (Å²) in [4.78, 5) is 4.26. The molecule has 0 aliphatic heterocycles. The Morgan fingerprint density at radius 2 is 1.74 bits per heavy atom. The Balaban J connectivity index is 0.00000480. The van der Waals surface area contributed by atoms with Crippen molar-refractivity contribution in [1.82, 2.24) is 10.6 Å². The highest BCUT2D eigenvalue weighted by molar-refractivity contribution is 14.0. The molecule has 0 fully saturated rings. The number of nitrogens with zero attached hydrogens (tertiary/aromatic N) is 1. The van der Waals surface area contributed by atoms with Crippen molar-refractivity contribution in [2.24, 2.45) is 4.99 Å². The first-order valence-electron chi connectivity index (χ1n) is 9.98. The summed E-state index contributed by atoms with van der Waals surface area (Å²) in [6.45, 7) is 7.17. The first kappa shape index (κ1) is 27.0. The van der Waals surface area contributed by atoms with E-state index in [1.54, 1.807) is 19.2 Å². The molecule has 0 amide bonds. The minimum absolute atomic E-state index is 0. The molecule has 7 nitrogen and oxygen atoms in total. The quantitative estimate of drug-likeness (QED) is 0.245. The highest BCUT2D eigenvalue weighted by Gasteiger charge is 2.10. The molecule has 0 aliphatic rings. The van der Waals surface area contributed by atoms with Gasteiger partial charge in [0.25, 0.3) is 0 Å². The van der Waals surface area contributed by atoms with E-state index in [4.69, 9.17) is 4.74 Å². The van der Waals surface area contributed by atoms with Crippen molar-refractivity contribution >= 4 is 45.6 Å². The second-order valence-corrected chi connectivity index (χ2v) is 9.01. The summed E-state index contributed by atoms with van der Waals surface area (Å²) in [5.41, 5.74) is 3.56. The van der Waals surface area contributed by atoms with Gasteiger partial charge in [0.2, 0.25) is 10.0 Å². The highest BCUT2D eigenvalue weighted by Crippen LogP contribution is 2.22. The van der Waals surface area contributed by atoms with Gasteiger partial charge in [0.05, 0.1) is 18.0 Å². The van der Waals surface area contributed by atoms with Crippen LogP contribution < -0.4 is 20.1 Å². The van der Waals surface area contributed by atoms with Crippen LogP contribution >= 0.6 is 24.0 Å². The molecule has 0 heterocycles. The molecule has 172 valence electrons. The second kappa shape index (κ2) is 12.7. The third-order valence-electron chi connectivity index (χ3n) is 4.55. The van der Waals surface area contributed by atoms with Gasteiger partial charge in [-0.25, -0.2) is 8.42 Å². The van der Waals surface area contributed by atoms with Gasteiger partial charge >= 0.3 is 0 Å². The zero-order valence-electron chi connectivity index (χ0n) is 18.7. The number of aryl methyl sites for hydroxylation is 1. The molecule has 2 aromatic carbocycles. The maximum atomic E-state index is 11.6. The van der Waals surface area contributed by atoms with E-state index in [2.05, 4.69) is 46.3 Å². The monoisotopic (exact) mass is 560 g/mol. The molecule has 1 atom stereocenters. The molecule has 31 heavy (non-hydrogen) atoms.